The lowest BCUT2D eigenvalue weighted by Crippen LogP contribution is -1.98. The van der Waals surface area contributed by atoms with Crippen molar-refractivity contribution in [1.29, 1.82) is 0 Å². The molecule has 0 fully saturated rings. The van der Waals surface area contributed by atoms with Crippen LogP contribution in [0.4, 0.5) is 0 Å². The van der Waals surface area contributed by atoms with Crippen molar-refractivity contribution in [3.63, 3.8) is 0 Å². The van der Waals surface area contributed by atoms with Crippen LogP contribution in [-0.2, 0) is 0 Å². The zero-order valence-corrected chi connectivity index (χ0v) is 17.2. The molecule has 0 aliphatic carbocycles. The first-order valence-corrected chi connectivity index (χ1v) is 10.4. The summed E-state index contributed by atoms with van der Waals surface area (Å²) in [6, 6.07) is 29.3. The molecule has 9 nitrogen and oxygen atoms in total. The van der Waals surface area contributed by atoms with Crippen LogP contribution >= 0.6 is 0 Å². The van der Waals surface area contributed by atoms with Crippen LogP contribution < -0.4 is 0 Å². The first-order chi connectivity index (χ1) is 16.3. The van der Waals surface area contributed by atoms with Gasteiger partial charge < -0.3 is 0 Å². The van der Waals surface area contributed by atoms with Gasteiger partial charge in [0.2, 0.25) is 0 Å². The molecular formula is C24H15N9. The maximum atomic E-state index is 4.76. The van der Waals surface area contributed by atoms with Crippen molar-refractivity contribution in [1.82, 2.24) is 45.0 Å². The number of hydrogen-bond acceptors (Lipinski definition) is 6. The van der Waals surface area contributed by atoms with Crippen molar-refractivity contribution in [2.75, 3.05) is 0 Å². The number of benzene rings is 4. The topological polar surface area (TPSA) is 92.1 Å². The van der Waals surface area contributed by atoms with Crippen molar-refractivity contribution in [2.24, 2.45) is 0 Å². The highest BCUT2D eigenvalue weighted by atomic mass is 15.5. The summed E-state index contributed by atoms with van der Waals surface area (Å²) in [5.41, 5.74) is 6.31. The van der Waals surface area contributed by atoms with Gasteiger partial charge in [-0.1, -0.05) is 54.6 Å². The molecule has 0 spiro atoms. The van der Waals surface area contributed by atoms with E-state index in [0.717, 1.165) is 17.1 Å². The van der Waals surface area contributed by atoms with Gasteiger partial charge in [-0.2, -0.15) is 14.4 Å². The number of rotatable bonds is 3. The third-order valence-corrected chi connectivity index (χ3v) is 5.48. The molecule has 0 aliphatic rings. The molecule has 0 radical (unpaired) electrons. The average molecular weight is 429 g/mol. The SMILES string of the molecule is c1ccc(-n2nc3c4nn(-c5ccccc5)nc4c4nn(-c5ccccc5)nc4c3n2)cc1. The van der Waals surface area contributed by atoms with Crippen LogP contribution in [0.5, 0.6) is 0 Å². The Kier molecular flexibility index (Phi) is 3.65. The summed E-state index contributed by atoms with van der Waals surface area (Å²) in [6.45, 7) is 0. The highest BCUT2D eigenvalue weighted by Gasteiger charge is 2.23. The van der Waals surface area contributed by atoms with Crippen molar-refractivity contribution < 1.29 is 0 Å². The lowest BCUT2D eigenvalue weighted by molar-refractivity contribution is 0.760. The van der Waals surface area contributed by atoms with Gasteiger partial charge in [0.15, 0.2) is 0 Å². The molecule has 0 amide bonds. The second-order valence-electron chi connectivity index (χ2n) is 7.57. The monoisotopic (exact) mass is 429 g/mol. The van der Waals surface area contributed by atoms with Crippen molar-refractivity contribution >= 4 is 33.1 Å². The maximum Gasteiger partial charge on any atom is 0.145 e. The Morgan fingerprint density at radius 2 is 0.515 bits per heavy atom. The summed E-state index contributed by atoms with van der Waals surface area (Å²) in [7, 11) is 0. The quantitative estimate of drug-likeness (QED) is 0.423. The Morgan fingerprint density at radius 3 is 0.727 bits per heavy atom. The van der Waals surface area contributed by atoms with Gasteiger partial charge in [0.05, 0.1) is 17.1 Å². The Morgan fingerprint density at radius 1 is 0.303 bits per heavy atom. The van der Waals surface area contributed by atoms with Crippen LogP contribution in [0, 0.1) is 0 Å². The zero-order chi connectivity index (χ0) is 21.8. The fraction of sp³-hybridized carbons (Fsp3) is 0. The molecule has 33 heavy (non-hydrogen) atoms. The van der Waals surface area contributed by atoms with E-state index in [2.05, 4.69) is 0 Å². The van der Waals surface area contributed by atoms with Crippen molar-refractivity contribution in [3.8, 4) is 17.1 Å². The van der Waals surface area contributed by atoms with Gasteiger partial charge in [-0.3, -0.25) is 0 Å². The molecule has 0 bridgehead atoms. The van der Waals surface area contributed by atoms with Crippen LogP contribution in [0.25, 0.3) is 50.2 Å². The molecular weight excluding hydrogens is 414 g/mol. The number of nitrogens with zero attached hydrogens (tertiary/aromatic N) is 9. The molecule has 0 atom stereocenters. The molecule has 0 unspecified atom stereocenters. The van der Waals surface area contributed by atoms with Crippen LogP contribution in [0.15, 0.2) is 91.0 Å². The molecule has 0 saturated heterocycles. The fourth-order valence-corrected chi connectivity index (χ4v) is 3.91. The van der Waals surface area contributed by atoms with Gasteiger partial charge in [-0.05, 0) is 36.4 Å². The van der Waals surface area contributed by atoms with E-state index in [1.807, 2.05) is 91.0 Å². The van der Waals surface area contributed by atoms with Crippen LogP contribution in [0.3, 0.4) is 0 Å². The summed E-state index contributed by atoms with van der Waals surface area (Å²) in [6.07, 6.45) is 0. The zero-order valence-electron chi connectivity index (χ0n) is 17.2. The summed E-state index contributed by atoms with van der Waals surface area (Å²) >= 11 is 0. The maximum absolute atomic E-state index is 4.76. The Balaban J connectivity index is 1.57. The lowest BCUT2D eigenvalue weighted by Gasteiger charge is -1.96. The molecule has 0 N–H and O–H groups in total. The third kappa shape index (κ3) is 2.72. The van der Waals surface area contributed by atoms with E-state index < -0.39 is 0 Å². The first kappa shape index (κ1) is 17.7. The van der Waals surface area contributed by atoms with Crippen LogP contribution in [-0.4, -0.2) is 45.0 Å². The normalized spacial score (nSPS) is 11.6. The van der Waals surface area contributed by atoms with Crippen molar-refractivity contribution in [3.05, 3.63) is 91.0 Å². The van der Waals surface area contributed by atoms with Gasteiger partial charge in [-0.15, -0.1) is 30.6 Å². The average Bonchev–Trinajstić information content (AvgIpc) is 3.62. The minimum absolute atomic E-state index is 0.628. The summed E-state index contributed by atoms with van der Waals surface area (Å²) < 4.78 is 0. The fourth-order valence-electron chi connectivity index (χ4n) is 3.91. The second-order valence-corrected chi connectivity index (χ2v) is 7.57. The van der Waals surface area contributed by atoms with Gasteiger partial charge in [0, 0.05) is 0 Å². The van der Waals surface area contributed by atoms with E-state index in [1.54, 1.807) is 14.4 Å². The van der Waals surface area contributed by atoms with Gasteiger partial charge >= 0.3 is 0 Å². The molecule has 3 aromatic heterocycles. The Labute approximate surface area is 186 Å². The molecule has 0 saturated carbocycles. The van der Waals surface area contributed by atoms with Crippen molar-refractivity contribution in [2.45, 2.75) is 0 Å². The molecule has 0 aliphatic heterocycles. The number of fused-ring (bicyclic) bond motifs is 6. The second kappa shape index (κ2) is 6.79. The van der Waals surface area contributed by atoms with Gasteiger partial charge in [0.25, 0.3) is 0 Å². The predicted octanol–water partition coefficient (Wildman–Crippen LogP) is 3.89. The summed E-state index contributed by atoms with van der Waals surface area (Å²) in [4.78, 5) is 4.81. The first-order valence-electron chi connectivity index (χ1n) is 10.4. The molecule has 7 rings (SSSR count). The van der Waals surface area contributed by atoms with Crippen LogP contribution in [0.2, 0.25) is 0 Å². The van der Waals surface area contributed by atoms with Crippen LogP contribution in [0.1, 0.15) is 0 Å². The highest BCUT2D eigenvalue weighted by Crippen LogP contribution is 2.30. The number of hydrogen-bond donors (Lipinski definition) is 0. The molecule has 7 aromatic rings. The molecule has 4 aromatic carbocycles. The third-order valence-electron chi connectivity index (χ3n) is 5.48. The van der Waals surface area contributed by atoms with E-state index in [0.29, 0.717) is 33.1 Å². The van der Waals surface area contributed by atoms with E-state index in [9.17, 15) is 0 Å². The number of aromatic nitrogens is 9. The lowest BCUT2D eigenvalue weighted by atomic mass is 10.2. The van der Waals surface area contributed by atoms with Gasteiger partial charge in [0.1, 0.15) is 33.1 Å². The summed E-state index contributed by atoms with van der Waals surface area (Å²) in [5.74, 6) is 0. The molecule has 9 heteroatoms. The Bertz CT molecular complexity index is 1440. The largest absolute Gasteiger partial charge is 0.150 e. The number of para-hydroxylation sites is 3. The molecule has 3 heterocycles. The van der Waals surface area contributed by atoms with Gasteiger partial charge in [-0.25, -0.2) is 0 Å². The predicted molar refractivity (Wildman–Crippen MR) is 124 cm³/mol. The van der Waals surface area contributed by atoms with E-state index in [1.165, 1.54) is 0 Å². The smallest absolute Gasteiger partial charge is 0.145 e. The molecule has 156 valence electrons. The minimum Gasteiger partial charge on any atom is -0.150 e. The van der Waals surface area contributed by atoms with E-state index in [-0.39, 0.29) is 0 Å². The highest BCUT2D eigenvalue weighted by molar-refractivity contribution is 6.17. The summed E-state index contributed by atoms with van der Waals surface area (Å²) in [5, 5.41) is 28.6. The Hall–Kier alpha value is -4.92. The van der Waals surface area contributed by atoms with E-state index in [4.69, 9.17) is 30.6 Å². The standard InChI is InChI=1S/C24H15N9/c1-4-10-16(11-5-1)31-25-19-20(26-31)22-24(30-33(28-22)18-14-8-3-9-15-18)23-21(19)27-32(29-23)17-12-6-2-7-13-17/h1-15H. The minimum atomic E-state index is 0.628. The van der Waals surface area contributed by atoms with E-state index >= 15 is 0 Å².